The van der Waals surface area contributed by atoms with Gasteiger partial charge in [0, 0.05) is 11.6 Å². The number of halogens is 1. The molecule has 1 aromatic rings. The van der Waals surface area contributed by atoms with Crippen LogP contribution in [-0.2, 0) is 6.42 Å². The van der Waals surface area contributed by atoms with E-state index in [1.54, 1.807) is 0 Å². The highest BCUT2D eigenvalue weighted by Crippen LogP contribution is 2.40. The van der Waals surface area contributed by atoms with E-state index in [2.05, 4.69) is 11.4 Å². The lowest BCUT2D eigenvalue weighted by molar-refractivity contribution is 0.170. The Morgan fingerprint density at radius 3 is 2.95 bits per heavy atom. The van der Waals surface area contributed by atoms with Gasteiger partial charge < -0.3 is 14.8 Å². The van der Waals surface area contributed by atoms with Crippen molar-refractivity contribution in [2.24, 2.45) is 0 Å². The summed E-state index contributed by atoms with van der Waals surface area (Å²) in [6, 6.07) is 2.59. The van der Waals surface area contributed by atoms with Gasteiger partial charge in [0.05, 0.1) is 5.02 Å². The largest absolute Gasteiger partial charge is 0.486 e. The molecule has 104 valence electrons. The van der Waals surface area contributed by atoms with Crippen molar-refractivity contribution in [2.75, 3.05) is 19.8 Å². The molecule has 1 aromatic carbocycles. The minimum Gasteiger partial charge on any atom is -0.486 e. The summed E-state index contributed by atoms with van der Waals surface area (Å²) in [6.45, 7) is 4.35. The Bertz CT molecular complexity index is 470. The minimum absolute atomic E-state index is 0.535. The number of nitrogens with one attached hydrogen (secondary N) is 1. The SMILES string of the molecule is Cc1c(Cl)c(CC2CCCCN2)cc2c1OCCO2. The second-order valence-electron chi connectivity index (χ2n) is 5.35. The van der Waals surface area contributed by atoms with E-state index in [1.165, 1.54) is 24.8 Å². The molecular weight excluding hydrogens is 262 g/mol. The molecule has 1 unspecified atom stereocenters. The van der Waals surface area contributed by atoms with Crippen LogP contribution in [0.5, 0.6) is 11.5 Å². The van der Waals surface area contributed by atoms with E-state index < -0.39 is 0 Å². The summed E-state index contributed by atoms with van der Waals surface area (Å²) < 4.78 is 11.3. The molecule has 1 saturated heterocycles. The van der Waals surface area contributed by atoms with Gasteiger partial charge in [0.25, 0.3) is 0 Å². The highest BCUT2D eigenvalue weighted by atomic mass is 35.5. The van der Waals surface area contributed by atoms with Gasteiger partial charge in [-0.25, -0.2) is 0 Å². The number of benzene rings is 1. The van der Waals surface area contributed by atoms with Gasteiger partial charge in [0.1, 0.15) is 13.2 Å². The van der Waals surface area contributed by atoms with Crippen LogP contribution in [0.1, 0.15) is 30.4 Å². The van der Waals surface area contributed by atoms with Crippen LogP contribution >= 0.6 is 11.6 Å². The molecule has 2 aliphatic heterocycles. The first kappa shape index (κ1) is 13.1. The summed E-state index contributed by atoms with van der Waals surface area (Å²) in [5.41, 5.74) is 2.17. The van der Waals surface area contributed by atoms with E-state index in [4.69, 9.17) is 21.1 Å². The maximum atomic E-state index is 6.49. The standard InChI is InChI=1S/C15H20ClNO2/c1-10-14(16)11(8-12-4-2-3-5-17-12)9-13-15(10)19-7-6-18-13/h9,12,17H,2-8H2,1H3. The molecule has 4 heteroatoms. The average Bonchev–Trinajstić information content (AvgIpc) is 2.46. The zero-order valence-corrected chi connectivity index (χ0v) is 12.1. The van der Waals surface area contributed by atoms with E-state index in [9.17, 15) is 0 Å². The van der Waals surface area contributed by atoms with Gasteiger partial charge in [-0.05, 0) is 44.4 Å². The third-order valence-electron chi connectivity index (χ3n) is 3.95. The quantitative estimate of drug-likeness (QED) is 0.904. The molecule has 0 bridgehead atoms. The third kappa shape index (κ3) is 2.67. The van der Waals surface area contributed by atoms with Crippen LogP contribution in [0.3, 0.4) is 0 Å². The van der Waals surface area contributed by atoms with Crippen molar-refractivity contribution < 1.29 is 9.47 Å². The van der Waals surface area contributed by atoms with E-state index >= 15 is 0 Å². The number of hydrogen-bond donors (Lipinski definition) is 1. The van der Waals surface area contributed by atoms with Gasteiger partial charge in [-0.2, -0.15) is 0 Å². The molecule has 3 nitrogen and oxygen atoms in total. The molecule has 1 N–H and O–H groups in total. The van der Waals surface area contributed by atoms with Crippen LogP contribution in [0.2, 0.25) is 5.02 Å². The topological polar surface area (TPSA) is 30.5 Å². The third-order valence-corrected chi connectivity index (χ3v) is 4.47. The van der Waals surface area contributed by atoms with Crippen molar-refractivity contribution in [1.82, 2.24) is 5.32 Å². The van der Waals surface area contributed by atoms with Crippen molar-refractivity contribution >= 4 is 11.6 Å². The fourth-order valence-electron chi connectivity index (χ4n) is 2.91. The van der Waals surface area contributed by atoms with Crippen molar-refractivity contribution in [3.8, 4) is 11.5 Å². The van der Waals surface area contributed by atoms with Gasteiger partial charge in [0.15, 0.2) is 11.5 Å². The molecule has 3 rings (SSSR count). The van der Waals surface area contributed by atoms with Gasteiger partial charge in [0.2, 0.25) is 0 Å². The van der Waals surface area contributed by atoms with Gasteiger partial charge in [-0.1, -0.05) is 18.0 Å². The predicted molar refractivity (Wildman–Crippen MR) is 76.5 cm³/mol. The van der Waals surface area contributed by atoms with E-state index in [0.717, 1.165) is 35.1 Å². The molecular formula is C15H20ClNO2. The lowest BCUT2D eigenvalue weighted by Gasteiger charge is -2.26. The number of fused-ring (bicyclic) bond motifs is 1. The molecule has 2 aliphatic rings. The zero-order valence-electron chi connectivity index (χ0n) is 11.3. The summed E-state index contributed by atoms with van der Waals surface area (Å²) in [6.07, 6.45) is 4.78. The Morgan fingerprint density at radius 2 is 2.16 bits per heavy atom. The van der Waals surface area contributed by atoms with Crippen LogP contribution in [0.15, 0.2) is 6.07 Å². The van der Waals surface area contributed by atoms with Crippen LogP contribution in [0, 0.1) is 6.92 Å². The van der Waals surface area contributed by atoms with Crippen molar-refractivity contribution in [1.29, 1.82) is 0 Å². The van der Waals surface area contributed by atoms with E-state index in [0.29, 0.717) is 19.3 Å². The molecule has 2 heterocycles. The highest BCUT2D eigenvalue weighted by molar-refractivity contribution is 6.32. The molecule has 0 saturated carbocycles. The first-order valence-corrected chi connectivity index (χ1v) is 7.44. The molecule has 19 heavy (non-hydrogen) atoms. The first-order chi connectivity index (χ1) is 9.25. The number of hydrogen-bond acceptors (Lipinski definition) is 3. The highest BCUT2D eigenvalue weighted by Gasteiger charge is 2.22. The molecule has 0 spiro atoms. The molecule has 0 aliphatic carbocycles. The summed E-state index contributed by atoms with van der Waals surface area (Å²) >= 11 is 6.49. The fourth-order valence-corrected chi connectivity index (χ4v) is 3.12. The Kier molecular flexibility index (Phi) is 3.85. The molecule has 0 radical (unpaired) electrons. The van der Waals surface area contributed by atoms with Gasteiger partial charge >= 0.3 is 0 Å². The number of piperidine rings is 1. The Morgan fingerprint density at radius 1 is 1.32 bits per heavy atom. The number of rotatable bonds is 2. The normalized spacial score (nSPS) is 22.3. The average molecular weight is 282 g/mol. The van der Waals surface area contributed by atoms with E-state index in [1.807, 2.05) is 6.92 Å². The molecule has 1 fully saturated rings. The maximum absolute atomic E-state index is 6.49. The Balaban J connectivity index is 1.86. The predicted octanol–water partition coefficient (Wildman–Crippen LogP) is 3.10. The van der Waals surface area contributed by atoms with Crippen molar-refractivity contribution in [3.05, 3.63) is 22.2 Å². The van der Waals surface area contributed by atoms with E-state index in [-0.39, 0.29) is 0 Å². The Hall–Kier alpha value is -0.930. The second-order valence-corrected chi connectivity index (χ2v) is 5.73. The van der Waals surface area contributed by atoms with Gasteiger partial charge in [-0.3, -0.25) is 0 Å². The molecule has 0 amide bonds. The second kappa shape index (κ2) is 5.59. The zero-order chi connectivity index (χ0) is 13.2. The van der Waals surface area contributed by atoms with Crippen molar-refractivity contribution in [2.45, 2.75) is 38.6 Å². The summed E-state index contributed by atoms with van der Waals surface area (Å²) in [7, 11) is 0. The van der Waals surface area contributed by atoms with Crippen molar-refractivity contribution in [3.63, 3.8) is 0 Å². The maximum Gasteiger partial charge on any atom is 0.165 e. The monoisotopic (exact) mass is 281 g/mol. The fraction of sp³-hybridized carbons (Fsp3) is 0.600. The summed E-state index contributed by atoms with van der Waals surface area (Å²) in [4.78, 5) is 0. The first-order valence-electron chi connectivity index (χ1n) is 7.06. The van der Waals surface area contributed by atoms with Crippen LogP contribution in [0.4, 0.5) is 0 Å². The number of ether oxygens (including phenoxy) is 2. The molecule has 1 atom stereocenters. The van der Waals surface area contributed by atoms with Crippen LogP contribution in [-0.4, -0.2) is 25.8 Å². The lowest BCUT2D eigenvalue weighted by atomic mass is 9.96. The molecule has 0 aromatic heterocycles. The van der Waals surface area contributed by atoms with Crippen LogP contribution < -0.4 is 14.8 Å². The lowest BCUT2D eigenvalue weighted by Crippen LogP contribution is -2.35. The Labute approximate surface area is 119 Å². The van der Waals surface area contributed by atoms with Gasteiger partial charge in [-0.15, -0.1) is 0 Å². The summed E-state index contributed by atoms with van der Waals surface area (Å²) in [5, 5.41) is 4.39. The summed E-state index contributed by atoms with van der Waals surface area (Å²) in [5.74, 6) is 1.66. The smallest absolute Gasteiger partial charge is 0.165 e. The van der Waals surface area contributed by atoms with Crippen LogP contribution in [0.25, 0.3) is 0 Å². The minimum atomic E-state index is 0.535.